The van der Waals surface area contributed by atoms with Gasteiger partial charge in [-0.1, -0.05) is 24.6 Å². The Morgan fingerprint density at radius 3 is 2.64 bits per heavy atom. The molecule has 33 heavy (non-hydrogen) atoms. The summed E-state index contributed by atoms with van der Waals surface area (Å²) < 4.78 is 5.65. The predicted octanol–water partition coefficient (Wildman–Crippen LogP) is 4.90. The van der Waals surface area contributed by atoms with E-state index in [9.17, 15) is 9.59 Å². The van der Waals surface area contributed by atoms with Gasteiger partial charge in [0, 0.05) is 34.9 Å². The molecule has 4 rings (SSSR count). The fourth-order valence-corrected chi connectivity index (χ4v) is 5.03. The Labute approximate surface area is 204 Å². The molecule has 2 amide bonds. The predicted molar refractivity (Wildman–Crippen MR) is 136 cm³/mol. The lowest BCUT2D eigenvalue weighted by atomic mass is 9.79. The molecule has 1 unspecified atom stereocenters. The van der Waals surface area contributed by atoms with E-state index in [0.29, 0.717) is 27.9 Å². The van der Waals surface area contributed by atoms with Crippen LogP contribution in [0.25, 0.3) is 6.08 Å². The molecule has 1 fully saturated rings. The lowest BCUT2D eigenvalue weighted by Crippen LogP contribution is -2.54. The molecule has 6 nitrogen and oxygen atoms in total. The number of hydrogen-bond donors (Lipinski definition) is 1. The summed E-state index contributed by atoms with van der Waals surface area (Å²) in [6.45, 7) is 6.62. The van der Waals surface area contributed by atoms with Crippen molar-refractivity contribution in [3.05, 3.63) is 58.1 Å². The van der Waals surface area contributed by atoms with Crippen LogP contribution in [0, 0.1) is 0 Å². The first kappa shape index (κ1) is 23.3. The third-order valence-electron chi connectivity index (χ3n) is 6.45. The zero-order valence-corrected chi connectivity index (χ0v) is 20.8. The van der Waals surface area contributed by atoms with Gasteiger partial charge in [-0.05, 0) is 74.3 Å². The molecule has 0 aliphatic carbocycles. The Balaban J connectivity index is 1.81. The van der Waals surface area contributed by atoms with Gasteiger partial charge in [0.05, 0.1) is 12.8 Å². The largest absolute Gasteiger partial charge is 0.496 e. The number of carbonyl (C=O) groups is 2. The number of hydrogen-bond acceptors (Lipinski definition) is 5. The Bertz CT molecular complexity index is 1210. The first-order chi connectivity index (χ1) is 15.5. The minimum Gasteiger partial charge on any atom is -0.496 e. The van der Waals surface area contributed by atoms with Crippen molar-refractivity contribution in [1.82, 2.24) is 5.32 Å². The number of carbonyl (C=O) groups excluding carboxylic acids is 2. The van der Waals surface area contributed by atoms with Crippen molar-refractivity contribution in [3.63, 3.8) is 0 Å². The van der Waals surface area contributed by atoms with Crippen molar-refractivity contribution in [2.24, 2.45) is 0 Å². The van der Waals surface area contributed by atoms with Crippen molar-refractivity contribution in [2.75, 3.05) is 24.0 Å². The average molecular weight is 484 g/mol. The molecule has 2 aromatic rings. The van der Waals surface area contributed by atoms with Gasteiger partial charge in [0.25, 0.3) is 11.8 Å². The molecule has 2 aliphatic rings. The molecule has 0 radical (unpaired) electrons. The summed E-state index contributed by atoms with van der Waals surface area (Å²) in [5, 5.41) is 3.09. The normalized spacial score (nSPS) is 21.2. The topological polar surface area (TPSA) is 61.9 Å². The van der Waals surface area contributed by atoms with Gasteiger partial charge < -0.3 is 9.64 Å². The van der Waals surface area contributed by atoms with Crippen LogP contribution in [0.1, 0.15) is 44.2 Å². The molecule has 1 atom stereocenters. The van der Waals surface area contributed by atoms with Gasteiger partial charge in [-0.3, -0.25) is 19.8 Å². The molecule has 0 aromatic heterocycles. The molecule has 0 bridgehead atoms. The minimum atomic E-state index is -0.547. The molecule has 8 heteroatoms. The van der Waals surface area contributed by atoms with Crippen LogP contribution in [0.5, 0.6) is 5.75 Å². The number of benzene rings is 2. The van der Waals surface area contributed by atoms with Gasteiger partial charge in [-0.25, -0.2) is 0 Å². The summed E-state index contributed by atoms with van der Waals surface area (Å²) >= 11 is 11.4. The van der Waals surface area contributed by atoms with Gasteiger partial charge in [0.1, 0.15) is 11.3 Å². The van der Waals surface area contributed by atoms with Gasteiger partial charge in [-0.2, -0.15) is 0 Å². The van der Waals surface area contributed by atoms with E-state index in [1.165, 1.54) is 4.90 Å². The molecule has 1 N–H and O–H groups in total. The van der Waals surface area contributed by atoms with Crippen molar-refractivity contribution < 1.29 is 14.3 Å². The molecule has 0 spiro atoms. The number of nitrogens with zero attached hydrogens (tertiary/aromatic N) is 2. The summed E-state index contributed by atoms with van der Waals surface area (Å²) in [5.74, 6) is -0.173. The molecule has 172 valence electrons. The fraction of sp³-hybridized carbons (Fsp3) is 0.320. The van der Waals surface area contributed by atoms with Gasteiger partial charge in [0.2, 0.25) is 0 Å². The van der Waals surface area contributed by atoms with E-state index in [0.717, 1.165) is 17.7 Å². The zero-order valence-electron chi connectivity index (χ0n) is 19.2. The molecule has 2 aliphatic heterocycles. The number of anilines is 2. The van der Waals surface area contributed by atoms with E-state index >= 15 is 0 Å². The highest BCUT2D eigenvalue weighted by molar-refractivity contribution is 7.80. The summed E-state index contributed by atoms with van der Waals surface area (Å²) in [6.07, 6.45) is 2.55. The second-order valence-electron chi connectivity index (χ2n) is 9.07. The van der Waals surface area contributed by atoms with Gasteiger partial charge >= 0.3 is 0 Å². The smallest absolute Gasteiger partial charge is 0.270 e. The number of amides is 2. The lowest BCUT2D eigenvalue weighted by Gasteiger charge is -2.45. The van der Waals surface area contributed by atoms with E-state index < -0.39 is 11.8 Å². The minimum absolute atomic E-state index is 0.00375. The quantitative estimate of drug-likeness (QED) is 0.382. The second-order valence-corrected chi connectivity index (χ2v) is 9.89. The Kier molecular flexibility index (Phi) is 5.97. The van der Waals surface area contributed by atoms with Crippen LogP contribution in [0.4, 0.5) is 11.4 Å². The Morgan fingerprint density at radius 2 is 1.97 bits per heavy atom. The summed E-state index contributed by atoms with van der Waals surface area (Å²) in [4.78, 5) is 29.7. The SMILES string of the molecule is COc1cc2c(cc1/C=C1/C(=O)NC(=S)N(c3cccc(Cl)c3)C1=O)C(C)CC(C)(C)N2C. The van der Waals surface area contributed by atoms with Crippen LogP contribution >= 0.6 is 23.8 Å². The van der Waals surface area contributed by atoms with Crippen molar-refractivity contribution in [3.8, 4) is 5.75 Å². The first-order valence-electron chi connectivity index (χ1n) is 10.7. The van der Waals surface area contributed by atoms with Crippen LogP contribution in [0.2, 0.25) is 5.02 Å². The monoisotopic (exact) mass is 483 g/mol. The number of methoxy groups -OCH3 is 1. The number of ether oxygens (including phenoxy) is 1. The summed E-state index contributed by atoms with van der Waals surface area (Å²) in [7, 11) is 3.65. The van der Waals surface area contributed by atoms with Gasteiger partial charge in [-0.15, -0.1) is 0 Å². The summed E-state index contributed by atoms with van der Waals surface area (Å²) in [6, 6.07) is 10.7. The average Bonchev–Trinajstić information content (AvgIpc) is 2.74. The third-order valence-corrected chi connectivity index (χ3v) is 6.97. The van der Waals surface area contributed by atoms with Crippen LogP contribution in [0.3, 0.4) is 0 Å². The highest BCUT2D eigenvalue weighted by Crippen LogP contribution is 2.45. The molecular weight excluding hydrogens is 458 g/mol. The number of thiocarbonyl (C=S) groups is 1. The fourth-order valence-electron chi connectivity index (χ4n) is 4.56. The van der Waals surface area contributed by atoms with Crippen LogP contribution in [0.15, 0.2) is 42.0 Å². The maximum Gasteiger partial charge on any atom is 0.270 e. The molecule has 2 aromatic carbocycles. The first-order valence-corrected chi connectivity index (χ1v) is 11.4. The molecule has 1 saturated heterocycles. The maximum atomic E-state index is 13.4. The zero-order chi connectivity index (χ0) is 24.1. The second kappa shape index (κ2) is 8.47. The number of nitrogens with one attached hydrogen (secondary N) is 1. The van der Waals surface area contributed by atoms with Gasteiger partial charge in [0.15, 0.2) is 5.11 Å². The van der Waals surface area contributed by atoms with E-state index in [2.05, 4.69) is 38.0 Å². The van der Waals surface area contributed by atoms with Crippen LogP contribution < -0.4 is 19.9 Å². The highest BCUT2D eigenvalue weighted by Gasteiger charge is 2.37. The molecular formula is C25H26ClN3O3S. The van der Waals surface area contributed by atoms with Crippen LogP contribution in [-0.4, -0.2) is 36.6 Å². The number of halogens is 1. The van der Waals surface area contributed by atoms with Crippen molar-refractivity contribution in [2.45, 2.75) is 38.6 Å². The Hall–Kier alpha value is -2.90. The highest BCUT2D eigenvalue weighted by atomic mass is 35.5. The van der Waals surface area contributed by atoms with E-state index in [4.69, 9.17) is 28.6 Å². The Morgan fingerprint density at radius 1 is 1.24 bits per heavy atom. The standard InChI is InChI=1S/C25H26ClN3O3S/c1-14-13-25(2,3)28(4)20-12-21(32-5)15(9-18(14)20)10-19-22(30)27-24(33)29(23(19)31)17-8-6-7-16(26)11-17/h6-12,14H,13H2,1-5H3,(H,27,30,33)/b19-10-. The number of fused-ring (bicyclic) bond motifs is 1. The molecule has 0 saturated carbocycles. The van der Waals surface area contributed by atoms with E-state index in [1.807, 2.05) is 12.1 Å². The molecule has 2 heterocycles. The third kappa shape index (κ3) is 4.11. The van der Waals surface area contributed by atoms with Crippen LogP contribution in [-0.2, 0) is 9.59 Å². The van der Waals surface area contributed by atoms with Crippen molar-refractivity contribution >= 4 is 58.2 Å². The lowest BCUT2D eigenvalue weighted by molar-refractivity contribution is -0.122. The van der Waals surface area contributed by atoms with E-state index in [-0.39, 0.29) is 16.2 Å². The van der Waals surface area contributed by atoms with Crippen molar-refractivity contribution in [1.29, 1.82) is 0 Å². The maximum absolute atomic E-state index is 13.4. The van der Waals surface area contributed by atoms with E-state index in [1.54, 1.807) is 37.5 Å². The number of rotatable bonds is 3. The summed E-state index contributed by atoms with van der Waals surface area (Å²) in [5.41, 5.74) is 3.35.